The Kier molecular flexibility index (Phi) is 6.27. The molecule has 1 spiro atoms. The number of hydrogen-bond donors (Lipinski definition) is 0. The van der Waals surface area contributed by atoms with Crippen LogP contribution in [0.1, 0.15) is 44.0 Å². The van der Waals surface area contributed by atoms with Gasteiger partial charge in [0.05, 0.1) is 6.61 Å². The number of nitrogens with zero attached hydrogens (tertiary/aromatic N) is 3. The van der Waals surface area contributed by atoms with Gasteiger partial charge in [-0.2, -0.15) is 0 Å². The highest BCUT2D eigenvalue weighted by Gasteiger charge is 2.54. The lowest BCUT2D eigenvalue weighted by Gasteiger charge is -2.45. The molecule has 0 aromatic heterocycles. The van der Waals surface area contributed by atoms with Gasteiger partial charge in [-0.15, -0.1) is 0 Å². The van der Waals surface area contributed by atoms with Crippen molar-refractivity contribution in [1.29, 1.82) is 0 Å². The highest BCUT2D eigenvalue weighted by molar-refractivity contribution is 5.98. The Morgan fingerprint density at radius 3 is 2.34 bits per heavy atom. The summed E-state index contributed by atoms with van der Waals surface area (Å²) >= 11 is 0. The van der Waals surface area contributed by atoms with E-state index in [0.29, 0.717) is 38.0 Å². The average Bonchev–Trinajstić information content (AvgIpc) is 3.11. The van der Waals surface area contributed by atoms with Crippen molar-refractivity contribution in [3.05, 3.63) is 35.9 Å². The third kappa shape index (κ3) is 4.01. The van der Waals surface area contributed by atoms with Crippen LogP contribution >= 0.6 is 0 Å². The largest absolute Gasteiger partial charge is 0.353 e. The first-order valence-electron chi connectivity index (χ1n) is 10.4. The molecule has 1 unspecified atom stereocenters. The van der Waals surface area contributed by atoms with E-state index in [9.17, 15) is 14.4 Å². The van der Waals surface area contributed by atoms with Crippen LogP contribution in [0.3, 0.4) is 0 Å². The molecule has 0 saturated carbocycles. The molecule has 2 heterocycles. The maximum absolute atomic E-state index is 13.5. The molecule has 7 nitrogen and oxygen atoms in total. The third-order valence-corrected chi connectivity index (χ3v) is 5.99. The summed E-state index contributed by atoms with van der Waals surface area (Å²) in [7, 11) is 1.74. The summed E-state index contributed by atoms with van der Waals surface area (Å²) in [4.78, 5) is 43.9. The highest BCUT2D eigenvalue weighted by Crippen LogP contribution is 2.39. The first-order valence-corrected chi connectivity index (χ1v) is 10.4. The van der Waals surface area contributed by atoms with Gasteiger partial charge >= 0.3 is 0 Å². The van der Waals surface area contributed by atoms with E-state index in [1.165, 1.54) is 0 Å². The summed E-state index contributed by atoms with van der Waals surface area (Å²) in [5, 5.41) is 0. The summed E-state index contributed by atoms with van der Waals surface area (Å²) in [6, 6.07) is 8.36. The van der Waals surface area contributed by atoms with Crippen LogP contribution in [0.4, 0.5) is 0 Å². The average molecular weight is 402 g/mol. The number of likely N-dealkylation sites (N-methyl/N-ethyl adjacent to an activating group) is 1. The molecular weight excluding hydrogens is 370 g/mol. The van der Waals surface area contributed by atoms with E-state index in [-0.39, 0.29) is 30.2 Å². The minimum Gasteiger partial charge on any atom is -0.353 e. The highest BCUT2D eigenvalue weighted by atomic mass is 16.5. The van der Waals surface area contributed by atoms with Crippen LogP contribution in [0.15, 0.2) is 30.3 Å². The number of ether oxygens (including phenoxy) is 1. The number of carbonyl (C=O) groups is 3. The number of rotatable bonds is 4. The SMILES string of the molecule is CCN(C)C(=O)C1COC2(CCN(C(=O)C(C)C)CC2)N1C(=O)c1ccccc1. The lowest BCUT2D eigenvalue weighted by Crippen LogP contribution is -2.60. The van der Waals surface area contributed by atoms with E-state index in [2.05, 4.69) is 0 Å². The summed E-state index contributed by atoms with van der Waals surface area (Å²) in [6.07, 6.45) is 1.01. The number of carbonyl (C=O) groups excluding carboxylic acids is 3. The molecule has 2 aliphatic rings. The molecule has 3 amide bonds. The Morgan fingerprint density at radius 1 is 1.17 bits per heavy atom. The van der Waals surface area contributed by atoms with E-state index in [4.69, 9.17) is 4.74 Å². The molecule has 2 fully saturated rings. The Balaban J connectivity index is 1.89. The van der Waals surface area contributed by atoms with Gasteiger partial charge in [-0.3, -0.25) is 19.3 Å². The van der Waals surface area contributed by atoms with Crippen molar-refractivity contribution in [3.63, 3.8) is 0 Å². The molecule has 1 atom stereocenters. The molecule has 3 rings (SSSR count). The van der Waals surface area contributed by atoms with Crippen molar-refractivity contribution in [2.24, 2.45) is 5.92 Å². The maximum atomic E-state index is 13.5. The first-order chi connectivity index (χ1) is 13.8. The van der Waals surface area contributed by atoms with Gasteiger partial charge in [0, 0.05) is 51.0 Å². The Morgan fingerprint density at radius 2 is 1.79 bits per heavy atom. The quantitative estimate of drug-likeness (QED) is 0.774. The Bertz CT molecular complexity index is 757. The minimum absolute atomic E-state index is 0.0665. The van der Waals surface area contributed by atoms with E-state index < -0.39 is 11.8 Å². The summed E-state index contributed by atoms with van der Waals surface area (Å²) in [5.74, 6) is -0.274. The second-order valence-electron chi connectivity index (χ2n) is 8.15. The molecule has 0 aliphatic carbocycles. The molecule has 7 heteroatoms. The Labute approximate surface area is 172 Å². The number of likely N-dealkylation sites (tertiary alicyclic amines) is 1. The van der Waals surface area contributed by atoms with Gasteiger partial charge in [0.15, 0.2) is 0 Å². The second-order valence-corrected chi connectivity index (χ2v) is 8.15. The van der Waals surface area contributed by atoms with Crippen LogP contribution in [0.5, 0.6) is 0 Å². The van der Waals surface area contributed by atoms with Crippen molar-refractivity contribution in [2.75, 3.05) is 33.3 Å². The predicted octanol–water partition coefficient (Wildman–Crippen LogP) is 1.98. The smallest absolute Gasteiger partial charge is 0.256 e. The van der Waals surface area contributed by atoms with Gasteiger partial charge in [-0.05, 0) is 19.1 Å². The first kappa shape index (κ1) is 21.3. The maximum Gasteiger partial charge on any atom is 0.256 e. The molecule has 0 radical (unpaired) electrons. The van der Waals surface area contributed by atoms with E-state index in [1.54, 1.807) is 29.0 Å². The molecule has 0 bridgehead atoms. The molecule has 1 aromatic rings. The summed E-state index contributed by atoms with van der Waals surface area (Å²) in [5.41, 5.74) is -0.315. The van der Waals surface area contributed by atoms with Crippen molar-refractivity contribution >= 4 is 17.7 Å². The summed E-state index contributed by atoms with van der Waals surface area (Å²) in [6.45, 7) is 7.45. The standard InChI is InChI=1S/C22H31N3O4/c1-5-23(4)21(28)18-15-29-22(11-13-24(14-12-22)19(26)16(2)3)25(18)20(27)17-9-7-6-8-10-17/h6-10,16,18H,5,11-15H2,1-4H3. The van der Waals surface area contributed by atoms with Crippen LogP contribution in [0.25, 0.3) is 0 Å². The molecule has 1 aromatic carbocycles. The van der Waals surface area contributed by atoms with Crippen LogP contribution in [0, 0.1) is 5.92 Å². The lowest BCUT2D eigenvalue weighted by atomic mass is 9.95. The molecule has 158 valence electrons. The predicted molar refractivity (Wildman–Crippen MR) is 109 cm³/mol. The van der Waals surface area contributed by atoms with Crippen molar-refractivity contribution in [3.8, 4) is 0 Å². The number of hydrogen-bond acceptors (Lipinski definition) is 4. The minimum atomic E-state index is -0.852. The second kappa shape index (κ2) is 8.53. The fourth-order valence-electron chi connectivity index (χ4n) is 4.13. The van der Waals surface area contributed by atoms with Gasteiger partial charge in [0.1, 0.15) is 11.8 Å². The normalized spacial score (nSPS) is 20.9. The van der Waals surface area contributed by atoms with E-state index >= 15 is 0 Å². The van der Waals surface area contributed by atoms with Crippen LogP contribution in [-0.4, -0.2) is 77.5 Å². The van der Waals surface area contributed by atoms with Gasteiger partial charge in [-0.1, -0.05) is 32.0 Å². The lowest BCUT2D eigenvalue weighted by molar-refractivity contribution is -0.147. The van der Waals surface area contributed by atoms with Crippen molar-refractivity contribution < 1.29 is 19.1 Å². The van der Waals surface area contributed by atoms with Crippen LogP contribution < -0.4 is 0 Å². The molecule has 2 aliphatic heterocycles. The topological polar surface area (TPSA) is 70.2 Å². The number of benzene rings is 1. The van der Waals surface area contributed by atoms with E-state index in [0.717, 1.165) is 0 Å². The zero-order valence-electron chi connectivity index (χ0n) is 17.8. The van der Waals surface area contributed by atoms with Crippen molar-refractivity contribution in [2.45, 2.75) is 45.4 Å². The van der Waals surface area contributed by atoms with Crippen molar-refractivity contribution in [1.82, 2.24) is 14.7 Å². The molecule has 0 N–H and O–H groups in total. The van der Waals surface area contributed by atoms with E-state index in [1.807, 2.05) is 43.9 Å². The zero-order valence-corrected chi connectivity index (χ0v) is 17.8. The summed E-state index contributed by atoms with van der Waals surface area (Å²) < 4.78 is 6.17. The fourth-order valence-corrected chi connectivity index (χ4v) is 4.13. The van der Waals surface area contributed by atoms with Gasteiger partial charge < -0.3 is 14.5 Å². The van der Waals surface area contributed by atoms with Gasteiger partial charge in [0.25, 0.3) is 5.91 Å². The molecular formula is C22H31N3O4. The molecule has 2 saturated heterocycles. The van der Waals surface area contributed by atoms with Gasteiger partial charge in [0.2, 0.25) is 11.8 Å². The van der Waals surface area contributed by atoms with Crippen LogP contribution in [0.2, 0.25) is 0 Å². The third-order valence-electron chi connectivity index (χ3n) is 5.99. The zero-order chi connectivity index (χ0) is 21.2. The fraction of sp³-hybridized carbons (Fsp3) is 0.591. The van der Waals surface area contributed by atoms with Crippen LogP contribution in [-0.2, 0) is 14.3 Å². The number of piperidine rings is 1. The Hall–Kier alpha value is -2.41. The number of amides is 3. The monoisotopic (exact) mass is 401 g/mol. The molecule has 29 heavy (non-hydrogen) atoms. The van der Waals surface area contributed by atoms with Gasteiger partial charge in [-0.25, -0.2) is 0 Å².